The largest absolute Gasteiger partial charge is 0.466 e. The third-order valence-electron chi connectivity index (χ3n) is 4.56. The summed E-state index contributed by atoms with van der Waals surface area (Å²) in [5, 5.41) is 8.81. The number of aromatic nitrogens is 1. The number of nitrogens with one attached hydrogen (secondary N) is 3. The van der Waals surface area contributed by atoms with Gasteiger partial charge in [0.15, 0.2) is 0 Å². The second kappa shape index (κ2) is 11.9. The molecule has 3 N–H and O–H groups in total. The third kappa shape index (κ3) is 8.71. The normalized spacial score (nSPS) is 10.7. The number of hydrogen-bond acceptors (Lipinski definition) is 6. The first-order valence-electron chi connectivity index (χ1n) is 11.0. The Bertz CT molecular complexity index is 1160. The lowest BCUT2D eigenvalue weighted by Crippen LogP contribution is -2.27. The van der Waals surface area contributed by atoms with E-state index in [9.17, 15) is 9.59 Å². The van der Waals surface area contributed by atoms with Crippen LogP contribution in [0.1, 0.15) is 42.3 Å². The van der Waals surface area contributed by atoms with E-state index in [2.05, 4.69) is 20.9 Å². The van der Waals surface area contributed by atoms with E-state index in [0.29, 0.717) is 30.1 Å². The standard InChI is InChI=1S/C26H28N4O4S/c1-26(2,3)34-24(32)30-22-9-5-4-8-21(22)29-23(31)20-12-10-18(11-13-20)16-28-25(35)33-17-19-7-6-14-27-15-19/h4-15H,16-17H2,1-3H3,(H,28,35)(H,29,31)(H,30,32). The molecule has 1 aromatic heterocycles. The molecule has 1 heterocycles. The topological polar surface area (TPSA) is 102 Å². The summed E-state index contributed by atoms with van der Waals surface area (Å²) in [5.41, 5.74) is 2.60. The van der Waals surface area contributed by atoms with Crippen LogP contribution in [0.25, 0.3) is 0 Å². The van der Waals surface area contributed by atoms with E-state index in [1.165, 1.54) is 0 Å². The van der Waals surface area contributed by atoms with Crippen molar-refractivity contribution in [3.63, 3.8) is 0 Å². The van der Waals surface area contributed by atoms with Gasteiger partial charge in [0.2, 0.25) is 0 Å². The van der Waals surface area contributed by atoms with E-state index >= 15 is 0 Å². The van der Waals surface area contributed by atoms with Crippen molar-refractivity contribution < 1.29 is 19.1 Å². The fourth-order valence-corrected chi connectivity index (χ4v) is 3.07. The van der Waals surface area contributed by atoms with Crippen molar-refractivity contribution in [2.75, 3.05) is 10.6 Å². The molecule has 0 bridgehead atoms. The molecule has 0 aliphatic carbocycles. The van der Waals surface area contributed by atoms with Crippen LogP contribution in [-0.2, 0) is 22.6 Å². The van der Waals surface area contributed by atoms with Gasteiger partial charge in [-0.15, -0.1) is 0 Å². The predicted molar refractivity (Wildman–Crippen MR) is 139 cm³/mol. The zero-order valence-corrected chi connectivity index (χ0v) is 20.6. The van der Waals surface area contributed by atoms with E-state index in [-0.39, 0.29) is 11.1 Å². The number of benzene rings is 2. The zero-order chi connectivity index (χ0) is 25.3. The quantitative estimate of drug-likeness (QED) is 0.386. The van der Waals surface area contributed by atoms with E-state index in [1.807, 2.05) is 24.3 Å². The van der Waals surface area contributed by atoms with Crippen LogP contribution in [0.5, 0.6) is 0 Å². The van der Waals surface area contributed by atoms with E-state index in [0.717, 1.165) is 11.1 Å². The van der Waals surface area contributed by atoms with Crippen molar-refractivity contribution >= 4 is 40.8 Å². The molecule has 0 fully saturated rings. The van der Waals surface area contributed by atoms with Crippen LogP contribution in [0, 0.1) is 0 Å². The number of nitrogens with zero attached hydrogens (tertiary/aromatic N) is 1. The van der Waals surface area contributed by atoms with Crippen LogP contribution in [-0.4, -0.2) is 27.8 Å². The first-order valence-corrected chi connectivity index (χ1v) is 11.4. The summed E-state index contributed by atoms with van der Waals surface area (Å²) in [6.45, 7) is 6.13. The summed E-state index contributed by atoms with van der Waals surface area (Å²) >= 11 is 5.21. The highest BCUT2D eigenvalue weighted by Gasteiger charge is 2.18. The molecule has 3 aromatic rings. The molecule has 182 valence electrons. The summed E-state index contributed by atoms with van der Waals surface area (Å²) in [4.78, 5) is 28.9. The van der Waals surface area contributed by atoms with Gasteiger partial charge >= 0.3 is 6.09 Å². The van der Waals surface area contributed by atoms with Crippen LogP contribution in [0.15, 0.2) is 73.1 Å². The third-order valence-corrected chi connectivity index (χ3v) is 4.82. The number of ether oxygens (including phenoxy) is 2. The lowest BCUT2D eigenvalue weighted by Gasteiger charge is -2.20. The Balaban J connectivity index is 1.52. The molecular formula is C26H28N4O4S. The first-order chi connectivity index (χ1) is 16.7. The number of para-hydroxylation sites is 2. The van der Waals surface area contributed by atoms with Gasteiger partial charge in [-0.25, -0.2) is 4.79 Å². The molecule has 0 saturated heterocycles. The van der Waals surface area contributed by atoms with Crippen molar-refractivity contribution in [3.8, 4) is 0 Å². The maximum Gasteiger partial charge on any atom is 0.412 e. The molecule has 0 unspecified atom stereocenters. The van der Waals surface area contributed by atoms with Gasteiger partial charge in [0.05, 0.1) is 11.4 Å². The molecule has 2 amide bonds. The average Bonchev–Trinajstić information content (AvgIpc) is 2.82. The number of amides is 2. The summed E-state index contributed by atoms with van der Waals surface area (Å²) in [5.74, 6) is -0.307. The van der Waals surface area contributed by atoms with Gasteiger partial charge in [-0.3, -0.25) is 15.1 Å². The lowest BCUT2D eigenvalue weighted by atomic mass is 10.1. The maximum absolute atomic E-state index is 12.8. The minimum absolute atomic E-state index is 0.282. The van der Waals surface area contributed by atoms with E-state index in [4.69, 9.17) is 21.7 Å². The summed E-state index contributed by atoms with van der Waals surface area (Å²) in [7, 11) is 0. The van der Waals surface area contributed by atoms with Crippen molar-refractivity contribution in [2.24, 2.45) is 0 Å². The monoisotopic (exact) mass is 492 g/mol. The summed E-state index contributed by atoms with van der Waals surface area (Å²) in [6, 6.07) is 17.8. The fraction of sp³-hybridized carbons (Fsp3) is 0.231. The molecule has 0 spiro atoms. The van der Waals surface area contributed by atoms with Crippen LogP contribution in [0.3, 0.4) is 0 Å². The average molecular weight is 493 g/mol. The van der Waals surface area contributed by atoms with Gasteiger partial charge in [0, 0.05) is 30.1 Å². The molecule has 0 saturated carbocycles. The highest BCUT2D eigenvalue weighted by atomic mass is 32.1. The number of hydrogen-bond donors (Lipinski definition) is 3. The van der Waals surface area contributed by atoms with Crippen molar-refractivity contribution in [2.45, 2.75) is 39.5 Å². The molecule has 3 rings (SSSR count). The summed E-state index contributed by atoms with van der Waals surface area (Å²) in [6.07, 6.45) is 2.82. The van der Waals surface area contributed by atoms with Gasteiger partial charge in [-0.05, 0) is 68.9 Å². The lowest BCUT2D eigenvalue weighted by molar-refractivity contribution is 0.0635. The molecule has 0 aliphatic heterocycles. The minimum atomic E-state index is -0.631. The highest BCUT2D eigenvalue weighted by Crippen LogP contribution is 2.23. The van der Waals surface area contributed by atoms with Gasteiger partial charge in [0.25, 0.3) is 11.1 Å². The number of rotatable bonds is 7. The molecule has 2 aromatic carbocycles. The van der Waals surface area contributed by atoms with Crippen LogP contribution in [0.4, 0.5) is 16.2 Å². The Hall–Kier alpha value is -3.98. The Morgan fingerprint density at radius 2 is 1.60 bits per heavy atom. The van der Waals surface area contributed by atoms with E-state index in [1.54, 1.807) is 69.6 Å². The molecular weight excluding hydrogens is 464 g/mol. The van der Waals surface area contributed by atoms with Crippen molar-refractivity contribution in [3.05, 3.63) is 89.7 Å². The number of thiocarbonyl (C=S) groups is 1. The Labute approximate surface area is 210 Å². The van der Waals surface area contributed by atoms with Crippen LogP contribution >= 0.6 is 12.2 Å². The highest BCUT2D eigenvalue weighted by molar-refractivity contribution is 7.80. The predicted octanol–water partition coefficient (Wildman–Crippen LogP) is 5.27. The number of pyridine rings is 1. The number of anilines is 2. The maximum atomic E-state index is 12.8. The second-order valence-corrected chi connectivity index (χ2v) is 8.99. The van der Waals surface area contributed by atoms with Gasteiger partial charge in [0.1, 0.15) is 12.2 Å². The molecule has 9 heteroatoms. The molecule has 8 nitrogen and oxygen atoms in total. The smallest absolute Gasteiger partial charge is 0.412 e. The van der Waals surface area contributed by atoms with Crippen LogP contribution in [0.2, 0.25) is 0 Å². The SMILES string of the molecule is CC(C)(C)OC(=O)Nc1ccccc1NC(=O)c1ccc(CNC(=S)OCc2cccnc2)cc1. The molecule has 0 atom stereocenters. The van der Waals surface area contributed by atoms with Crippen molar-refractivity contribution in [1.82, 2.24) is 10.3 Å². The molecule has 35 heavy (non-hydrogen) atoms. The Kier molecular flexibility index (Phi) is 8.74. The van der Waals surface area contributed by atoms with Crippen molar-refractivity contribution in [1.29, 1.82) is 0 Å². The van der Waals surface area contributed by atoms with Gasteiger partial charge in [-0.1, -0.05) is 30.3 Å². The fourth-order valence-electron chi connectivity index (χ4n) is 2.94. The zero-order valence-electron chi connectivity index (χ0n) is 19.8. The van der Waals surface area contributed by atoms with Gasteiger partial charge in [-0.2, -0.15) is 0 Å². The Morgan fingerprint density at radius 3 is 2.23 bits per heavy atom. The number of carbonyl (C=O) groups excluding carboxylic acids is 2. The minimum Gasteiger partial charge on any atom is -0.466 e. The van der Waals surface area contributed by atoms with Crippen LogP contribution < -0.4 is 16.0 Å². The first kappa shape index (κ1) is 25.6. The van der Waals surface area contributed by atoms with E-state index < -0.39 is 11.7 Å². The second-order valence-electron chi connectivity index (χ2n) is 8.61. The van der Waals surface area contributed by atoms with Gasteiger partial charge < -0.3 is 20.1 Å². The molecule has 0 aliphatic rings. The Morgan fingerprint density at radius 1 is 0.914 bits per heavy atom. The number of carbonyl (C=O) groups is 2. The molecule has 0 radical (unpaired) electrons. The summed E-state index contributed by atoms with van der Waals surface area (Å²) < 4.78 is 10.8.